The van der Waals surface area contributed by atoms with Gasteiger partial charge in [-0.1, -0.05) is 18.6 Å². The summed E-state index contributed by atoms with van der Waals surface area (Å²) in [6.45, 7) is 4.49. The van der Waals surface area contributed by atoms with Crippen LogP contribution in [0.25, 0.3) is 11.3 Å². The molecule has 0 fully saturated rings. The van der Waals surface area contributed by atoms with Gasteiger partial charge in [0.1, 0.15) is 11.6 Å². The van der Waals surface area contributed by atoms with E-state index in [4.69, 9.17) is 0 Å². The van der Waals surface area contributed by atoms with E-state index in [0.29, 0.717) is 12.4 Å². The molecule has 0 amide bonds. The normalized spacial score (nSPS) is 10.4. The van der Waals surface area contributed by atoms with Crippen molar-refractivity contribution in [2.24, 2.45) is 0 Å². The average molecular weight is 289 g/mol. The first kappa shape index (κ1) is 14.9. The van der Waals surface area contributed by atoms with E-state index in [0.717, 1.165) is 12.0 Å². The van der Waals surface area contributed by atoms with Crippen molar-refractivity contribution < 1.29 is 9.31 Å². The lowest BCUT2D eigenvalue weighted by Crippen LogP contribution is -2.04. The Morgan fingerprint density at radius 3 is 2.76 bits per heavy atom. The highest BCUT2D eigenvalue weighted by Crippen LogP contribution is 2.31. The van der Waals surface area contributed by atoms with Gasteiger partial charge in [-0.2, -0.15) is 0 Å². The van der Waals surface area contributed by atoms with E-state index >= 15 is 0 Å². The highest BCUT2D eigenvalue weighted by Gasteiger charge is 2.20. The third-order valence-corrected chi connectivity index (χ3v) is 3.00. The lowest BCUT2D eigenvalue weighted by atomic mass is 10.1. The van der Waals surface area contributed by atoms with E-state index in [2.05, 4.69) is 10.3 Å². The smallest absolute Gasteiger partial charge is 0.295 e. The van der Waals surface area contributed by atoms with Crippen molar-refractivity contribution >= 4 is 11.5 Å². The number of benzene rings is 1. The quantitative estimate of drug-likeness (QED) is 0.669. The molecule has 0 aliphatic carbocycles. The first-order valence-electron chi connectivity index (χ1n) is 6.68. The van der Waals surface area contributed by atoms with Gasteiger partial charge in [-0.3, -0.25) is 10.1 Å². The van der Waals surface area contributed by atoms with Crippen LogP contribution in [0.15, 0.2) is 30.3 Å². The second kappa shape index (κ2) is 6.30. The molecule has 1 aromatic heterocycles. The molecule has 2 aromatic rings. The molecule has 1 heterocycles. The second-order valence-electron chi connectivity index (χ2n) is 4.73. The number of nitro groups is 1. The van der Waals surface area contributed by atoms with Crippen LogP contribution in [0.4, 0.5) is 15.9 Å². The van der Waals surface area contributed by atoms with Gasteiger partial charge in [-0.15, -0.1) is 0 Å². The molecule has 0 aliphatic rings. The Morgan fingerprint density at radius 2 is 2.10 bits per heavy atom. The Kier molecular flexibility index (Phi) is 4.47. The average Bonchev–Trinajstić information content (AvgIpc) is 2.47. The number of rotatable bonds is 5. The first-order valence-corrected chi connectivity index (χ1v) is 6.68. The van der Waals surface area contributed by atoms with Crippen LogP contribution in [0.1, 0.15) is 18.9 Å². The van der Waals surface area contributed by atoms with E-state index in [1.54, 1.807) is 19.1 Å². The summed E-state index contributed by atoms with van der Waals surface area (Å²) in [6, 6.07) is 7.35. The van der Waals surface area contributed by atoms with Gasteiger partial charge in [0.2, 0.25) is 0 Å². The maximum absolute atomic E-state index is 14.0. The topological polar surface area (TPSA) is 68.1 Å². The summed E-state index contributed by atoms with van der Waals surface area (Å²) < 4.78 is 14.0. The summed E-state index contributed by atoms with van der Waals surface area (Å²) in [4.78, 5) is 14.8. The highest BCUT2D eigenvalue weighted by molar-refractivity contribution is 5.72. The molecule has 110 valence electrons. The Balaban J connectivity index is 2.57. The van der Waals surface area contributed by atoms with Crippen LogP contribution in [0, 0.1) is 22.9 Å². The van der Waals surface area contributed by atoms with Gasteiger partial charge in [0, 0.05) is 18.2 Å². The lowest BCUT2D eigenvalue weighted by molar-refractivity contribution is -0.384. The van der Waals surface area contributed by atoms with E-state index in [9.17, 15) is 14.5 Å². The maximum atomic E-state index is 14.0. The van der Waals surface area contributed by atoms with E-state index in [-0.39, 0.29) is 16.9 Å². The molecule has 6 heteroatoms. The summed E-state index contributed by atoms with van der Waals surface area (Å²) in [5.74, 6) is -0.0257. The van der Waals surface area contributed by atoms with Crippen molar-refractivity contribution in [3.63, 3.8) is 0 Å². The summed E-state index contributed by atoms with van der Waals surface area (Å²) in [6.07, 6.45) is 0.896. The molecule has 0 atom stereocenters. The fraction of sp³-hybridized carbons (Fsp3) is 0.267. The van der Waals surface area contributed by atoms with Gasteiger partial charge < -0.3 is 5.32 Å². The first-order chi connectivity index (χ1) is 10.0. The maximum Gasteiger partial charge on any atom is 0.295 e. The molecule has 0 unspecified atom stereocenters. The monoisotopic (exact) mass is 289 g/mol. The Bertz CT molecular complexity index is 674. The van der Waals surface area contributed by atoms with Crippen molar-refractivity contribution in [1.29, 1.82) is 0 Å². The molecule has 2 rings (SSSR count). The number of hydrogen-bond acceptors (Lipinski definition) is 4. The molecule has 0 aliphatic heterocycles. The summed E-state index contributed by atoms with van der Waals surface area (Å²) in [5, 5.41) is 14.2. The van der Waals surface area contributed by atoms with Crippen LogP contribution in [0.5, 0.6) is 0 Å². The highest BCUT2D eigenvalue weighted by atomic mass is 19.1. The molecule has 0 radical (unpaired) electrons. The number of anilines is 1. The molecule has 21 heavy (non-hydrogen) atoms. The number of hydrogen-bond donors (Lipinski definition) is 1. The summed E-state index contributed by atoms with van der Waals surface area (Å²) in [7, 11) is 0. The molecular formula is C15H16FN3O2. The molecule has 0 saturated carbocycles. The van der Waals surface area contributed by atoms with Crippen molar-refractivity contribution in [2.45, 2.75) is 20.3 Å². The molecule has 5 nitrogen and oxygen atoms in total. The van der Waals surface area contributed by atoms with Crippen molar-refractivity contribution in [3.05, 3.63) is 51.8 Å². The summed E-state index contributed by atoms with van der Waals surface area (Å²) in [5.41, 5.74) is 0.792. The van der Waals surface area contributed by atoms with E-state index in [1.165, 1.54) is 18.2 Å². The minimum atomic E-state index is -0.548. The number of halogens is 1. The predicted molar refractivity (Wildman–Crippen MR) is 79.8 cm³/mol. The summed E-state index contributed by atoms with van der Waals surface area (Å²) >= 11 is 0. The number of nitrogens with zero attached hydrogens (tertiary/aromatic N) is 2. The van der Waals surface area contributed by atoms with Gasteiger partial charge in [0.15, 0.2) is 5.69 Å². The third-order valence-electron chi connectivity index (χ3n) is 3.00. The molecule has 0 spiro atoms. The van der Waals surface area contributed by atoms with Crippen molar-refractivity contribution in [3.8, 4) is 11.3 Å². The third kappa shape index (κ3) is 3.34. The van der Waals surface area contributed by atoms with Crippen LogP contribution in [-0.2, 0) is 0 Å². The van der Waals surface area contributed by atoms with Crippen LogP contribution in [0.3, 0.4) is 0 Å². The van der Waals surface area contributed by atoms with Gasteiger partial charge in [0.25, 0.3) is 5.69 Å². The largest absolute Gasteiger partial charge is 0.370 e. The zero-order chi connectivity index (χ0) is 15.4. The van der Waals surface area contributed by atoms with E-state index in [1.807, 2.05) is 6.92 Å². The SMILES string of the molecule is CCCNc1ccc([N+](=O)[O-])c(-c2cc(C)ccc2F)n1. The Morgan fingerprint density at radius 1 is 1.33 bits per heavy atom. The molecule has 0 bridgehead atoms. The predicted octanol–water partition coefficient (Wildman–Crippen LogP) is 3.93. The van der Waals surface area contributed by atoms with Crippen molar-refractivity contribution in [2.75, 3.05) is 11.9 Å². The second-order valence-corrected chi connectivity index (χ2v) is 4.73. The Hall–Kier alpha value is -2.50. The number of nitrogens with one attached hydrogen (secondary N) is 1. The molecule has 1 aromatic carbocycles. The number of pyridine rings is 1. The Labute approximate surface area is 122 Å². The lowest BCUT2D eigenvalue weighted by Gasteiger charge is -2.09. The number of aromatic nitrogens is 1. The fourth-order valence-electron chi connectivity index (χ4n) is 1.97. The van der Waals surface area contributed by atoms with Gasteiger partial charge in [-0.25, -0.2) is 9.37 Å². The zero-order valence-electron chi connectivity index (χ0n) is 11.9. The van der Waals surface area contributed by atoms with Crippen LogP contribution in [0.2, 0.25) is 0 Å². The van der Waals surface area contributed by atoms with Gasteiger partial charge >= 0.3 is 0 Å². The van der Waals surface area contributed by atoms with Crippen LogP contribution < -0.4 is 5.32 Å². The van der Waals surface area contributed by atoms with Crippen LogP contribution >= 0.6 is 0 Å². The zero-order valence-corrected chi connectivity index (χ0v) is 11.9. The molecule has 1 N–H and O–H groups in total. The number of aryl methyl sites for hydroxylation is 1. The minimum absolute atomic E-state index is 0.0438. The van der Waals surface area contributed by atoms with Crippen LogP contribution in [-0.4, -0.2) is 16.5 Å². The van der Waals surface area contributed by atoms with E-state index < -0.39 is 10.7 Å². The molecular weight excluding hydrogens is 273 g/mol. The van der Waals surface area contributed by atoms with Gasteiger partial charge in [0.05, 0.1) is 4.92 Å². The minimum Gasteiger partial charge on any atom is -0.370 e. The van der Waals surface area contributed by atoms with Gasteiger partial charge in [-0.05, 0) is 31.5 Å². The fourth-order valence-corrected chi connectivity index (χ4v) is 1.97. The standard InChI is InChI=1S/C15H16FN3O2/c1-3-8-17-14-7-6-13(19(20)21)15(18-14)11-9-10(2)4-5-12(11)16/h4-7,9H,3,8H2,1-2H3,(H,17,18). The molecule has 0 saturated heterocycles. The van der Waals surface area contributed by atoms with Crippen molar-refractivity contribution in [1.82, 2.24) is 4.98 Å².